The second kappa shape index (κ2) is 9.38. The SMILES string of the molecule is CC(OP(=O)(N1CC1)N1CC1)c1ccc([N+](=O)[O-])c(Oc2ccc(C(=O)O)cc2)c1.[H-].[Na+]. The van der Waals surface area contributed by atoms with E-state index in [2.05, 4.69) is 0 Å². The number of ether oxygens (including phenoxy) is 1. The van der Waals surface area contributed by atoms with Crippen molar-refractivity contribution < 1.29 is 59.6 Å². The van der Waals surface area contributed by atoms with Crippen LogP contribution in [0.2, 0.25) is 0 Å². The predicted octanol–water partition coefficient (Wildman–Crippen LogP) is 1.02. The number of hydrogen-bond acceptors (Lipinski definition) is 6. The third-order valence-corrected chi connectivity index (χ3v) is 7.66. The number of nitro groups is 1. The topological polar surface area (TPSA) is 122 Å². The van der Waals surface area contributed by atoms with E-state index >= 15 is 0 Å². The monoisotopic (exact) mass is 457 g/mol. The second-order valence-corrected chi connectivity index (χ2v) is 9.38. The number of carboxylic acid groups (broad SMARTS) is 1. The minimum Gasteiger partial charge on any atom is -1.00 e. The zero-order chi connectivity index (χ0) is 21.5. The molecule has 2 aromatic carbocycles. The van der Waals surface area contributed by atoms with Crippen LogP contribution in [0, 0.1) is 10.1 Å². The molecule has 160 valence electrons. The first-order valence-corrected chi connectivity index (χ1v) is 10.9. The van der Waals surface area contributed by atoms with Crippen LogP contribution in [0.3, 0.4) is 0 Å². The molecule has 2 fully saturated rings. The third-order valence-electron chi connectivity index (χ3n) is 4.84. The molecule has 2 aromatic rings. The molecule has 12 heteroatoms. The molecule has 0 bridgehead atoms. The van der Waals surface area contributed by atoms with Gasteiger partial charge < -0.3 is 11.3 Å². The number of nitrogens with zero attached hydrogens (tertiary/aromatic N) is 3. The number of carbonyl (C=O) groups is 1. The van der Waals surface area contributed by atoms with Crippen LogP contribution >= 0.6 is 7.67 Å². The smallest absolute Gasteiger partial charge is 1.00 e. The average molecular weight is 457 g/mol. The number of nitro benzene ring substituents is 1. The molecule has 2 saturated heterocycles. The largest absolute Gasteiger partial charge is 1.00 e. The van der Waals surface area contributed by atoms with Crippen LogP contribution in [0.4, 0.5) is 5.69 Å². The van der Waals surface area contributed by atoms with E-state index in [1.54, 1.807) is 22.3 Å². The van der Waals surface area contributed by atoms with Gasteiger partial charge in [-0.05, 0) is 48.9 Å². The number of benzene rings is 2. The number of hydrogen-bond donors (Lipinski definition) is 1. The molecule has 2 heterocycles. The van der Waals surface area contributed by atoms with E-state index in [1.165, 1.54) is 36.4 Å². The molecule has 1 atom stereocenters. The molecule has 4 rings (SSSR count). The van der Waals surface area contributed by atoms with Crippen molar-refractivity contribution in [2.75, 3.05) is 26.2 Å². The molecule has 0 aromatic heterocycles. The standard InChI is InChI=1S/C19H20N3O7P.Na.H/c1-13(29-30(27,20-8-9-20)21-10-11-21)15-4-7-17(22(25)26)18(12-15)28-16-5-2-14(3-6-16)19(23)24;;/h2-7,12-13H,8-11H2,1H3,(H,23,24);;/q;+1;-1. The van der Waals surface area contributed by atoms with Crippen LogP contribution in [0.5, 0.6) is 11.5 Å². The van der Waals surface area contributed by atoms with Gasteiger partial charge in [0.05, 0.1) is 16.6 Å². The predicted molar refractivity (Wildman–Crippen MR) is 108 cm³/mol. The van der Waals surface area contributed by atoms with Crippen molar-refractivity contribution in [2.45, 2.75) is 13.0 Å². The Morgan fingerprint density at radius 2 is 1.74 bits per heavy atom. The summed E-state index contributed by atoms with van der Waals surface area (Å²) < 4.78 is 28.4. The summed E-state index contributed by atoms with van der Waals surface area (Å²) >= 11 is 0. The van der Waals surface area contributed by atoms with Crippen LogP contribution in [0.15, 0.2) is 42.5 Å². The molecule has 2 aliphatic heterocycles. The summed E-state index contributed by atoms with van der Waals surface area (Å²) in [5, 5.41) is 20.4. The Balaban J connectivity index is 0.00000181. The van der Waals surface area contributed by atoms with Crippen LogP contribution in [-0.2, 0) is 9.09 Å². The summed E-state index contributed by atoms with van der Waals surface area (Å²) in [5.41, 5.74) is 0.420. The second-order valence-electron chi connectivity index (χ2n) is 7.06. The average Bonchev–Trinajstić information content (AvgIpc) is 3.59. The Bertz CT molecular complexity index is 1030. The van der Waals surface area contributed by atoms with E-state index in [9.17, 15) is 19.5 Å². The van der Waals surface area contributed by atoms with Gasteiger partial charge in [-0.15, -0.1) is 0 Å². The fourth-order valence-corrected chi connectivity index (χ4v) is 5.33. The summed E-state index contributed by atoms with van der Waals surface area (Å²) in [6, 6.07) is 9.91. The molecule has 0 aliphatic carbocycles. The van der Waals surface area contributed by atoms with Gasteiger partial charge in [0.2, 0.25) is 5.75 Å². The van der Waals surface area contributed by atoms with Gasteiger partial charge >= 0.3 is 48.9 Å². The van der Waals surface area contributed by atoms with Gasteiger partial charge in [0.15, 0.2) is 0 Å². The molecule has 2 aliphatic rings. The Labute approximate surface area is 202 Å². The summed E-state index contributed by atoms with van der Waals surface area (Å²) in [6.45, 7) is 4.64. The van der Waals surface area contributed by atoms with E-state index < -0.39 is 24.7 Å². The first kappa shape index (κ1) is 23.9. The van der Waals surface area contributed by atoms with Gasteiger partial charge in [0.1, 0.15) is 5.75 Å². The zero-order valence-electron chi connectivity index (χ0n) is 18.1. The first-order valence-electron chi connectivity index (χ1n) is 9.37. The van der Waals surface area contributed by atoms with Gasteiger partial charge in [-0.2, -0.15) is 0 Å². The number of carboxylic acids is 1. The fraction of sp³-hybridized carbons (Fsp3) is 0.316. The van der Waals surface area contributed by atoms with E-state index in [0.717, 1.165) is 26.2 Å². The van der Waals surface area contributed by atoms with Gasteiger partial charge in [-0.3, -0.25) is 19.2 Å². The summed E-state index contributed by atoms with van der Waals surface area (Å²) in [4.78, 5) is 21.8. The Morgan fingerprint density at radius 1 is 1.16 bits per heavy atom. The van der Waals surface area contributed by atoms with Crippen molar-refractivity contribution in [1.82, 2.24) is 9.34 Å². The summed E-state index contributed by atoms with van der Waals surface area (Å²) in [6.07, 6.45) is -0.574. The molecular formula is C19H21N3NaO7P. The van der Waals surface area contributed by atoms with Gasteiger partial charge in [0.25, 0.3) is 0 Å². The molecule has 0 amide bonds. The Morgan fingerprint density at radius 3 is 2.23 bits per heavy atom. The van der Waals surface area contributed by atoms with Crippen molar-refractivity contribution in [3.63, 3.8) is 0 Å². The fourth-order valence-electron chi connectivity index (χ4n) is 2.98. The first-order chi connectivity index (χ1) is 14.3. The van der Waals surface area contributed by atoms with Crippen molar-refractivity contribution in [3.05, 3.63) is 63.7 Å². The van der Waals surface area contributed by atoms with Crippen LogP contribution < -0.4 is 34.3 Å². The maximum Gasteiger partial charge on any atom is 1.00 e. The minimum absolute atomic E-state index is 0. The maximum atomic E-state index is 13.2. The third kappa shape index (κ3) is 5.35. The van der Waals surface area contributed by atoms with E-state index in [-0.39, 0.29) is 53.7 Å². The number of aromatic carboxylic acids is 1. The molecule has 1 N–H and O–H groups in total. The Kier molecular flexibility index (Phi) is 7.22. The summed E-state index contributed by atoms with van der Waals surface area (Å²) in [5.74, 6) is -0.834. The van der Waals surface area contributed by atoms with Gasteiger partial charge in [-0.1, -0.05) is 0 Å². The van der Waals surface area contributed by atoms with E-state index in [1.807, 2.05) is 0 Å². The molecule has 0 saturated carbocycles. The van der Waals surface area contributed by atoms with Crippen LogP contribution in [0.1, 0.15) is 30.4 Å². The molecular weight excluding hydrogens is 436 g/mol. The summed E-state index contributed by atoms with van der Waals surface area (Å²) in [7, 11) is -3.05. The minimum atomic E-state index is -3.05. The molecule has 0 spiro atoms. The normalized spacial score (nSPS) is 16.8. The van der Waals surface area contributed by atoms with Crippen molar-refractivity contribution in [2.24, 2.45) is 0 Å². The zero-order valence-corrected chi connectivity index (χ0v) is 20.0. The number of rotatable bonds is 9. The van der Waals surface area contributed by atoms with Crippen molar-refractivity contribution in [3.8, 4) is 11.5 Å². The maximum absolute atomic E-state index is 13.2. The quantitative estimate of drug-likeness (QED) is 0.193. The van der Waals surface area contributed by atoms with Crippen molar-refractivity contribution >= 4 is 19.3 Å². The molecule has 31 heavy (non-hydrogen) atoms. The Hall–Kier alpha value is -1.78. The van der Waals surface area contributed by atoms with Crippen LogP contribution in [0.25, 0.3) is 0 Å². The van der Waals surface area contributed by atoms with E-state index in [4.69, 9.17) is 14.4 Å². The molecule has 10 nitrogen and oxygen atoms in total. The molecule has 0 radical (unpaired) electrons. The van der Waals surface area contributed by atoms with E-state index in [0.29, 0.717) is 5.56 Å². The van der Waals surface area contributed by atoms with Crippen LogP contribution in [-0.4, -0.2) is 51.5 Å². The van der Waals surface area contributed by atoms with Crippen molar-refractivity contribution in [1.29, 1.82) is 0 Å². The van der Waals surface area contributed by atoms with Gasteiger partial charge in [0, 0.05) is 32.2 Å². The molecule has 1 unspecified atom stereocenters. The van der Waals surface area contributed by atoms with Gasteiger partial charge in [-0.25, -0.2) is 14.1 Å².